The van der Waals surface area contributed by atoms with Gasteiger partial charge < -0.3 is 20.7 Å². The molecule has 2 aromatic heterocycles. The van der Waals surface area contributed by atoms with Crippen LogP contribution in [0.1, 0.15) is 28.0 Å². The number of rotatable bonds is 7. The average Bonchev–Trinajstić information content (AvgIpc) is 3.34. The summed E-state index contributed by atoms with van der Waals surface area (Å²) in [7, 11) is 0. The molecule has 1 atom stereocenters. The van der Waals surface area contributed by atoms with Crippen molar-refractivity contribution in [3.63, 3.8) is 0 Å². The van der Waals surface area contributed by atoms with Crippen LogP contribution in [0, 0.1) is 5.82 Å². The summed E-state index contributed by atoms with van der Waals surface area (Å²) < 4.78 is 58.5. The highest BCUT2D eigenvalue weighted by Gasteiger charge is 2.44. The predicted octanol–water partition coefficient (Wildman–Crippen LogP) is 3.63. The van der Waals surface area contributed by atoms with E-state index in [1.54, 1.807) is 0 Å². The first kappa shape index (κ1) is 26.2. The van der Waals surface area contributed by atoms with Gasteiger partial charge in [-0.15, -0.1) is 0 Å². The van der Waals surface area contributed by atoms with Crippen LogP contribution in [0.2, 0.25) is 5.02 Å². The smallest absolute Gasteiger partial charge is 0.378 e. The monoisotopic (exact) mass is 538 g/mol. The quantitative estimate of drug-likeness (QED) is 0.393. The molecule has 1 fully saturated rings. The van der Waals surface area contributed by atoms with E-state index >= 15 is 0 Å². The lowest BCUT2D eigenvalue weighted by atomic mass is 9.96. The summed E-state index contributed by atoms with van der Waals surface area (Å²) in [5, 5.41) is 7.93. The molecule has 0 saturated carbocycles. The van der Waals surface area contributed by atoms with Crippen molar-refractivity contribution in [1.29, 1.82) is 0 Å². The second kappa shape index (κ2) is 10.6. The zero-order valence-corrected chi connectivity index (χ0v) is 19.7. The highest BCUT2D eigenvalue weighted by molar-refractivity contribution is 6.31. The first-order valence-electron chi connectivity index (χ1n) is 10.8. The number of nitrogens with one attached hydrogen (secondary N) is 3. The van der Waals surface area contributed by atoms with E-state index in [1.165, 1.54) is 31.0 Å². The van der Waals surface area contributed by atoms with Gasteiger partial charge >= 0.3 is 6.18 Å². The summed E-state index contributed by atoms with van der Waals surface area (Å²) in [6.07, 6.45) is 0.558. The number of alkyl halides is 3. The van der Waals surface area contributed by atoms with Gasteiger partial charge in [0.05, 0.1) is 52.6 Å². The molecular formula is C23H19ClF4N6O3. The molecule has 0 unspecified atom stereocenters. The molecule has 194 valence electrons. The highest BCUT2D eigenvalue weighted by atomic mass is 35.5. The number of halogens is 5. The third-order valence-electron chi connectivity index (χ3n) is 5.53. The van der Waals surface area contributed by atoms with Gasteiger partial charge in [0.1, 0.15) is 17.7 Å². The van der Waals surface area contributed by atoms with Crippen LogP contribution in [-0.4, -0.2) is 45.5 Å². The number of hydrogen-bond acceptors (Lipinski definition) is 7. The predicted molar refractivity (Wildman–Crippen MR) is 123 cm³/mol. The molecule has 1 aliphatic rings. The van der Waals surface area contributed by atoms with Crippen LogP contribution in [0.5, 0.6) is 0 Å². The van der Waals surface area contributed by atoms with E-state index in [2.05, 4.69) is 30.9 Å². The molecular weight excluding hydrogens is 520 g/mol. The fraction of sp³-hybridized carbons (Fsp3) is 0.261. The summed E-state index contributed by atoms with van der Waals surface area (Å²) >= 11 is 6.25. The molecule has 3 aromatic rings. The number of hydrogen-bond donors (Lipinski definition) is 3. The van der Waals surface area contributed by atoms with Crippen molar-refractivity contribution in [3.8, 4) is 0 Å². The Morgan fingerprint density at radius 1 is 1.14 bits per heavy atom. The van der Waals surface area contributed by atoms with E-state index in [4.69, 9.17) is 16.3 Å². The van der Waals surface area contributed by atoms with Gasteiger partial charge in [-0.25, -0.2) is 14.4 Å². The van der Waals surface area contributed by atoms with E-state index in [0.29, 0.717) is 6.07 Å². The number of carbonyl (C=O) groups is 2. The Hall–Kier alpha value is -3.84. The van der Waals surface area contributed by atoms with Gasteiger partial charge in [0, 0.05) is 25.4 Å². The van der Waals surface area contributed by atoms with E-state index in [0.717, 1.165) is 12.1 Å². The molecule has 3 heterocycles. The molecule has 1 aliphatic heterocycles. The zero-order chi connectivity index (χ0) is 26.6. The lowest BCUT2D eigenvalue weighted by molar-refractivity contribution is -0.137. The van der Waals surface area contributed by atoms with E-state index in [1.807, 2.05) is 0 Å². The van der Waals surface area contributed by atoms with E-state index in [9.17, 15) is 27.2 Å². The maximum Gasteiger partial charge on any atom is 0.418 e. The number of anilines is 2. The molecule has 0 aliphatic carbocycles. The number of carbonyl (C=O) groups excluding carboxylic acids is 2. The minimum atomic E-state index is -4.78. The molecule has 4 rings (SSSR count). The average molecular weight is 539 g/mol. The largest absolute Gasteiger partial charge is 0.418 e. The summed E-state index contributed by atoms with van der Waals surface area (Å²) in [5.74, 6) is -2.11. The molecule has 37 heavy (non-hydrogen) atoms. The van der Waals surface area contributed by atoms with Crippen LogP contribution >= 0.6 is 11.6 Å². The van der Waals surface area contributed by atoms with Crippen molar-refractivity contribution in [2.45, 2.75) is 24.7 Å². The lowest BCUT2D eigenvalue weighted by Gasteiger charge is -2.27. The minimum absolute atomic E-state index is 0.0541. The Morgan fingerprint density at radius 2 is 1.89 bits per heavy atom. The van der Waals surface area contributed by atoms with Crippen LogP contribution in [0.4, 0.5) is 28.9 Å². The van der Waals surface area contributed by atoms with Gasteiger partial charge in [-0.3, -0.25) is 14.6 Å². The molecule has 1 saturated heterocycles. The van der Waals surface area contributed by atoms with Crippen LogP contribution in [0.15, 0.2) is 49.2 Å². The Balaban J connectivity index is 1.44. The molecule has 2 amide bonds. The second-order valence-electron chi connectivity index (χ2n) is 8.11. The summed E-state index contributed by atoms with van der Waals surface area (Å²) in [4.78, 5) is 37.3. The maximum absolute atomic E-state index is 13.3. The standard InChI is InChI=1S/C23H19ClF4N6O3/c24-17-6-15(33-18-2-1-14(25)5-16(18)23(26,27)28)9-31-19(17)10-32-21(36)22(3-4-37-11-22)34-20(35)13-7-29-12-30-8-13/h1-2,5-9,12,33H,3-4,10-11H2,(H,32,36)(H,34,35)/t22-/m0/s1. The molecule has 3 N–H and O–H groups in total. The third-order valence-corrected chi connectivity index (χ3v) is 5.86. The minimum Gasteiger partial charge on any atom is -0.378 e. The van der Waals surface area contributed by atoms with Gasteiger partial charge in [-0.2, -0.15) is 13.2 Å². The second-order valence-corrected chi connectivity index (χ2v) is 8.52. The van der Waals surface area contributed by atoms with Crippen LogP contribution in [-0.2, 0) is 22.3 Å². The first-order valence-corrected chi connectivity index (χ1v) is 11.2. The number of amides is 2. The Kier molecular flexibility index (Phi) is 7.55. The topological polar surface area (TPSA) is 118 Å². The van der Waals surface area contributed by atoms with Crippen molar-refractivity contribution < 1.29 is 31.9 Å². The van der Waals surface area contributed by atoms with E-state index < -0.39 is 34.9 Å². The summed E-state index contributed by atoms with van der Waals surface area (Å²) in [5.41, 5.74) is -2.38. The molecule has 0 bridgehead atoms. The zero-order valence-electron chi connectivity index (χ0n) is 18.9. The fourth-order valence-electron chi connectivity index (χ4n) is 3.62. The highest BCUT2D eigenvalue weighted by Crippen LogP contribution is 2.36. The number of aromatic nitrogens is 3. The van der Waals surface area contributed by atoms with Crippen molar-refractivity contribution in [1.82, 2.24) is 25.6 Å². The van der Waals surface area contributed by atoms with Crippen molar-refractivity contribution in [3.05, 3.63) is 76.8 Å². The number of pyridine rings is 1. The molecule has 0 spiro atoms. The van der Waals surface area contributed by atoms with Crippen molar-refractivity contribution >= 4 is 34.8 Å². The van der Waals surface area contributed by atoms with Gasteiger partial charge in [-0.1, -0.05) is 11.6 Å². The van der Waals surface area contributed by atoms with E-state index in [-0.39, 0.29) is 53.8 Å². The molecule has 0 radical (unpaired) electrons. The number of benzene rings is 1. The van der Waals surface area contributed by atoms with Gasteiger partial charge in [0.25, 0.3) is 5.91 Å². The fourth-order valence-corrected chi connectivity index (χ4v) is 3.85. The van der Waals surface area contributed by atoms with Gasteiger partial charge in [0.15, 0.2) is 0 Å². The molecule has 1 aromatic carbocycles. The SMILES string of the molecule is O=C(N[C@@]1(C(=O)NCc2ncc(Nc3ccc(F)cc3C(F)(F)F)cc2Cl)CCOC1)c1cncnc1. The molecule has 14 heteroatoms. The third kappa shape index (κ3) is 6.12. The van der Waals surface area contributed by atoms with Crippen LogP contribution in [0.25, 0.3) is 0 Å². The number of nitrogens with zero attached hydrogens (tertiary/aromatic N) is 3. The normalized spacial score (nSPS) is 17.3. The van der Waals surface area contributed by atoms with Gasteiger partial charge in [-0.05, 0) is 24.3 Å². The van der Waals surface area contributed by atoms with Crippen molar-refractivity contribution in [2.75, 3.05) is 18.5 Å². The Bertz CT molecular complexity index is 1300. The lowest BCUT2D eigenvalue weighted by Crippen LogP contribution is -2.59. The Labute approximate surface area is 212 Å². The number of ether oxygens (including phenoxy) is 1. The Morgan fingerprint density at radius 3 is 2.54 bits per heavy atom. The molecule has 9 nitrogen and oxygen atoms in total. The van der Waals surface area contributed by atoms with Crippen LogP contribution < -0.4 is 16.0 Å². The summed E-state index contributed by atoms with van der Waals surface area (Å²) in [6.45, 7) is 0.0670. The van der Waals surface area contributed by atoms with Crippen LogP contribution in [0.3, 0.4) is 0 Å². The summed E-state index contributed by atoms with van der Waals surface area (Å²) in [6, 6.07) is 3.56. The maximum atomic E-state index is 13.3. The van der Waals surface area contributed by atoms with Crippen molar-refractivity contribution in [2.24, 2.45) is 0 Å². The first-order chi connectivity index (χ1) is 17.6. The van der Waals surface area contributed by atoms with Gasteiger partial charge in [0.2, 0.25) is 5.91 Å².